The van der Waals surface area contributed by atoms with Gasteiger partial charge in [0.1, 0.15) is 5.82 Å². The molecule has 4 aromatic rings. The lowest BCUT2D eigenvalue weighted by Gasteiger charge is -2.28. The number of nitrogens with zero attached hydrogens (tertiary/aromatic N) is 4. The van der Waals surface area contributed by atoms with Crippen LogP contribution in [-0.2, 0) is 9.84 Å². The summed E-state index contributed by atoms with van der Waals surface area (Å²) >= 11 is 0. The predicted molar refractivity (Wildman–Crippen MR) is 132 cm³/mol. The maximum Gasteiger partial charge on any atom is 0.249 e. The SMILES string of the molecule is CC1c2c(ncc3c(N4CCCCCC4)nc(S(C)(=O)=O)nc23)-c2cccc3cccc1c23. The number of aromatic nitrogens is 3. The standard InChI is InChI=1S/C26H26N4O2S/c1-16-18-11-7-9-17-10-8-12-19(22(17)18)23-21(16)24-20(15-27-23)25(29-26(28-24)33(2,31)32)30-13-5-3-4-6-14-30/h7-12,15-16H,3-6,13-14H2,1-2H3. The van der Waals surface area contributed by atoms with Crippen LogP contribution in [-0.4, -0.2) is 42.7 Å². The summed E-state index contributed by atoms with van der Waals surface area (Å²) in [6, 6.07) is 12.7. The lowest BCUT2D eigenvalue weighted by Crippen LogP contribution is -2.26. The molecule has 0 amide bonds. The minimum absolute atomic E-state index is 0.0362. The number of sulfone groups is 1. The van der Waals surface area contributed by atoms with E-state index < -0.39 is 9.84 Å². The van der Waals surface area contributed by atoms with Crippen molar-refractivity contribution in [2.45, 2.75) is 43.7 Å². The minimum atomic E-state index is -3.58. The Balaban J connectivity index is 1.70. The molecule has 0 spiro atoms. The largest absolute Gasteiger partial charge is 0.356 e. The maximum absolute atomic E-state index is 12.6. The van der Waals surface area contributed by atoms with Gasteiger partial charge in [0.15, 0.2) is 0 Å². The first-order valence-electron chi connectivity index (χ1n) is 11.6. The second-order valence-corrected chi connectivity index (χ2v) is 11.2. The zero-order valence-corrected chi connectivity index (χ0v) is 19.7. The molecule has 1 fully saturated rings. The van der Waals surface area contributed by atoms with Crippen LogP contribution in [0.25, 0.3) is 32.9 Å². The van der Waals surface area contributed by atoms with Crippen molar-refractivity contribution in [2.24, 2.45) is 0 Å². The van der Waals surface area contributed by atoms with Crippen LogP contribution in [0, 0.1) is 0 Å². The van der Waals surface area contributed by atoms with Gasteiger partial charge < -0.3 is 4.90 Å². The van der Waals surface area contributed by atoms with Crippen molar-refractivity contribution in [3.63, 3.8) is 0 Å². The molecule has 6 rings (SSSR count). The Bertz CT molecular complexity index is 1520. The van der Waals surface area contributed by atoms with Gasteiger partial charge >= 0.3 is 0 Å². The molecule has 2 aliphatic rings. The van der Waals surface area contributed by atoms with Crippen LogP contribution in [0.15, 0.2) is 47.8 Å². The van der Waals surface area contributed by atoms with E-state index in [1.54, 1.807) is 0 Å². The summed E-state index contributed by atoms with van der Waals surface area (Å²) in [4.78, 5) is 16.4. The minimum Gasteiger partial charge on any atom is -0.356 e. The maximum atomic E-state index is 12.6. The summed E-state index contributed by atoms with van der Waals surface area (Å²) in [5.41, 5.74) is 4.88. The van der Waals surface area contributed by atoms with Crippen LogP contribution in [0.2, 0.25) is 0 Å². The van der Waals surface area contributed by atoms with E-state index in [9.17, 15) is 8.42 Å². The van der Waals surface area contributed by atoms with Crippen LogP contribution in [0.4, 0.5) is 5.82 Å². The van der Waals surface area contributed by atoms with Gasteiger partial charge in [-0.3, -0.25) is 4.98 Å². The van der Waals surface area contributed by atoms with Crippen LogP contribution < -0.4 is 4.90 Å². The highest BCUT2D eigenvalue weighted by atomic mass is 32.2. The monoisotopic (exact) mass is 458 g/mol. The molecular weight excluding hydrogens is 432 g/mol. The third-order valence-electron chi connectivity index (χ3n) is 7.07. The Hall–Kier alpha value is -3.06. The Kier molecular flexibility index (Phi) is 4.66. The molecule has 33 heavy (non-hydrogen) atoms. The molecule has 2 aromatic carbocycles. The van der Waals surface area contributed by atoms with Crippen LogP contribution >= 0.6 is 0 Å². The van der Waals surface area contributed by atoms with E-state index in [4.69, 9.17) is 4.98 Å². The third-order valence-corrected chi connectivity index (χ3v) is 7.91. The van der Waals surface area contributed by atoms with Crippen molar-refractivity contribution in [2.75, 3.05) is 24.2 Å². The summed E-state index contributed by atoms with van der Waals surface area (Å²) < 4.78 is 25.2. The van der Waals surface area contributed by atoms with Gasteiger partial charge in [-0.05, 0) is 29.2 Å². The average Bonchev–Trinajstić information content (AvgIpc) is 3.10. The zero-order chi connectivity index (χ0) is 22.7. The molecule has 0 bridgehead atoms. The number of pyridine rings is 1. The molecule has 2 aromatic heterocycles. The zero-order valence-electron chi connectivity index (χ0n) is 18.9. The van der Waals surface area contributed by atoms with Gasteiger partial charge in [-0.25, -0.2) is 18.4 Å². The van der Waals surface area contributed by atoms with Crippen molar-refractivity contribution in [1.29, 1.82) is 0 Å². The summed E-state index contributed by atoms with van der Waals surface area (Å²) in [7, 11) is -3.58. The number of hydrogen-bond acceptors (Lipinski definition) is 6. The quantitative estimate of drug-likeness (QED) is 0.389. The summed E-state index contributed by atoms with van der Waals surface area (Å²) in [5.74, 6) is 0.732. The fourth-order valence-corrected chi connectivity index (χ4v) is 5.98. The van der Waals surface area contributed by atoms with Crippen molar-refractivity contribution in [3.05, 3.63) is 53.7 Å². The molecule has 0 saturated carbocycles. The number of benzene rings is 2. The van der Waals surface area contributed by atoms with Gasteiger partial charge in [-0.1, -0.05) is 56.2 Å². The Morgan fingerprint density at radius 3 is 2.42 bits per heavy atom. The first-order chi connectivity index (χ1) is 15.9. The van der Waals surface area contributed by atoms with Crippen molar-refractivity contribution >= 4 is 37.3 Å². The Labute approximate surface area is 193 Å². The van der Waals surface area contributed by atoms with E-state index >= 15 is 0 Å². The predicted octanol–water partition coefficient (Wildman–Crippen LogP) is 5.09. The summed E-state index contributed by atoms with van der Waals surface area (Å²) in [5, 5.41) is 3.14. The number of fused-ring (bicyclic) bond motifs is 4. The lowest BCUT2D eigenvalue weighted by atomic mass is 9.79. The highest BCUT2D eigenvalue weighted by Crippen LogP contribution is 2.47. The van der Waals surface area contributed by atoms with Crippen molar-refractivity contribution in [1.82, 2.24) is 15.0 Å². The number of anilines is 1. The topological polar surface area (TPSA) is 76.1 Å². The Morgan fingerprint density at radius 1 is 0.970 bits per heavy atom. The molecule has 0 N–H and O–H groups in total. The Morgan fingerprint density at radius 2 is 1.70 bits per heavy atom. The second-order valence-electron chi connectivity index (χ2n) is 9.26. The second kappa shape index (κ2) is 7.48. The lowest BCUT2D eigenvalue weighted by molar-refractivity contribution is 0.593. The first-order valence-corrected chi connectivity index (χ1v) is 13.5. The fourth-order valence-electron chi connectivity index (χ4n) is 5.47. The number of hydrogen-bond donors (Lipinski definition) is 0. The average molecular weight is 459 g/mol. The van der Waals surface area contributed by atoms with Gasteiger partial charge in [-0.15, -0.1) is 0 Å². The van der Waals surface area contributed by atoms with Gasteiger partial charge in [-0.2, -0.15) is 0 Å². The van der Waals surface area contributed by atoms with Crippen molar-refractivity contribution in [3.8, 4) is 11.3 Å². The fraction of sp³-hybridized carbons (Fsp3) is 0.346. The molecular formula is C26H26N4O2S. The van der Waals surface area contributed by atoms with Crippen LogP contribution in [0.5, 0.6) is 0 Å². The van der Waals surface area contributed by atoms with Crippen LogP contribution in [0.1, 0.15) is 49.7 Å². The molecule has 168 valence electrons. The normalized spacial score (nSPS) is 18.4. The van der Waals surface area contributed by atoms with E-state index in [1.165, 1.54) is 35.4 Å². The summed E-state index contributed by atoms with van der Waals surface area (Å²) in [6.45, 7) is 3.90. The molecule has 1 saturated heterocycles. The van der Waals surface area contributed by atoms with E-state index in [1.807, 2.05) is 6.20 Å². The van der Waals surface area contributed by atoms with Gasteiger partial charge in [0.25, 0.3) is 0 Å². The van der Waals surface area contributed by atoms with E-state index in [0.29, 0.717) is 11.3 Å². The molecule has 1 unspecified atom stereocenters. The molecule has 0 radical (unpaired) electrons. The van der Waals surface area contributed by atoms with Crippen LogP contribution in [0.3, 0.4) is 0 Å². The summed E-state index contributed by atoms with van der Waals surface area (Å²) in [6.07, 6.45) is 7.55. The smallest absolute Gasteiger partial charge is 0.249 e. The highest BCUT2D eigenvalue weighted by molar-refractivity contribution is 7.90. The van der Waals surface area contributed by atoms with E-state index in [0.717, 1.165) is 48.1 Å². The molecule has 7 heteroatoms. The highest BCUT2D eigenvalue weighted by Gasteiger charge is 2.30. The van der Waals surface area contributed by atoms with E-state index in [-0.39, 0.29) is 11.1 Å². The number of rotatable bonds is 2. The molecule has 1 aliphatic carbocycles. The van der Waals surface area contributed by atoms with Gasteiger partial charge in [0, 0.05) is 42.6 Å². The van der Waals surface area contributed by atoms with Gasteiger partial charge in [0.05, 0.1) is 16.6 Å². The third kappa shape index (κ3) is 3.21. The van der Waals surface area contributed by atoms with Crippen molar-refractivity contribution < 1.29 is 8.42 Å². The van der Waals surface area contributed by atoms with E-state index in [2.05, 4.69) is 58.2 Å². The van der Waals surface area contributed by atoms with Gasteiger partial charge in [0.2, 0.25) is 15.0 Å². The molecule has 1 aliphatic heterocycles. The molecule has 1 atom stereocenters. The molecule has 3 heterocycles. The first kappa shape index (κ1) is 20.5. The molecule has 6 nitrogen and oxygen atoms in total.